The largest absolute Gasteiger partial charge is 0.457 e. The van der Waals surface area contributed by atoms with Crippen molar-refractivity contribution in [3.8, 4) is 11.3 Å². The van der Waals surface area contributed by atoms with Crippen LogP contribution >= 0.6 is 24.0 Å². The Morgan fingerprint density at radius 3 is 2.68 bits per heavy atom. The molecule has 140 valence electrons. The minimum atomic E-state index is -0.326. The summed E-state index contributed by atoms with van der Waals surface area (Å²) >= 11 is 6.64. The first-order valence-electron chi connectivity index (χ1n) is 8.66. The van der Waals surface area contributed by atoms with Crippen LogP contribution < -0.4 is 0 Å². The van der Waals surface area contributed by atoms with Crippen LogP contribution in [0.2, 0.25) is 0 Å². The number of nitrogens with zero attached hydrogens (tertiary/aromatic N) is 1. The molecule has 1 aliphatic heterocycles. The van der Waals surface area contributed by atoms with Crippen molar-refractivity contribution in [2.45, 2.75) is 13.5 Å². The van der Waals surface area contributed by atoms with Crippen LogP contribution in [0, 0.1) is 12.7 Å². The van der Waals surface area contributed by atoms with Gasteiger partial charge in [0.05, 0.1) is 11.4 Å². The smallest absolute Gasteiger partial charge is 0.266 e. The van der Waals surface area contributed by atoms with Crippen molar-refractivity contribution in [2.24, 2.45) is 0 Å². The molecule has 0 N–H and O–H groups in total. The van der Waals surface area contributed by atoms with Crippen LogP contribution in [0.4, 0.5) is 4.39 Å². The lowest BCUT2D eigenvalue weighted by molar-refractivity contribution is -0.122. The van der Waals surface area contributed by atoms with Gasteiger partial charge in [-0.05, 0) is 36.8 Å². The number of aryl methyl sites for hydroxylation is 1. The van der Waals surface area contributed by atoms with Gasteiger partial charge < -0.3 is 4.42 Å². The first kappa shape index (κ1) is 18.7. The number of rotatable bonds is 4. The number of thiocarbonyl (C=S) groups is 1. The van der Waals surface area contributed by atoms with E-state index in [1.807, 2.05) is 31.2 Å². The Morgan fingerprint density at radius 2 is 1.93 bits per heavy atom. The molecule has 0 radical (unpaired) electrons. The van der Waals surface area contributed by atoms with E-state index in [4.69, 9.17) is 16.6 Å². The monoisotopic (exact) mass is 409 g/mol. The van der Waals surface area contributed by atoms with E-state index in [9.17, 15) is 9.18 Å². The molecule has 1 aliphatic rings. The summed E-state index contributed by atoms with van der Waals surface area (Å²) < 4.78 is 19.7. The normalized spacial score (nSPS) is 15.6. The molecule has 0 saturated carbocycles. The average Bonchev–Trinajstić information content (AvgIpc) is 3.24. The molecule has 1 amide bonds. The van der Waals surface area contributed by atoms with Crippen LogP contribution in [0.1, 0.15) is 16.9 Å². The van der Waals surface area contributed by atoms with Crippen LogP contribution in [0.5, 0.6) is 0 Å². The molecule has 3 aromatic rings. The molecule has 0 spiro atoms. The van der Waals surface area contributed by atoms with Crippen molar-refractivity contribution in [3.63, 3.8) is 0 Å². The maximum absolute atomic E-state index is 13.4. The topological polar surface area (TPSA) is 33.5 Å². The SMILES string of the molecule is Cc1ccc(CN2C(=O)/C(=C\c3ccc(-c4cccc(F)c4)o3)SC2=S)cc1. The second-order valence-electron chi connectivity index (χ2n) is 6.47. The van der Waals surface area contributed by atoms with Gasteiger partial charge in [0, 0.05) is 11.6 Å². The number of hydrogen-bond acceptors (Lipinski definition) is 4. The lowest BCUT2D eigenvalue weighted by Gasteiger charge is -2.14. The van der Waals surface area contributed by atoms with Gasteiger partial charge >= 0.3 is 0 Å². The molecular formula is C22H16FNO2S2. The molecule has 3 nitrogen and oxygen atoms in total. The van der Waals surface area contributed by atoms with Crippen LogP contribution in [0.25, 0.3) is 17.4 Å². The minimum Gasteiger partial charge on any atom is -0.457 e. The number of carbonyl (C=O) groups is 1. The van der Waals surface area contributed by atoms with E-state index in [2.05, 4.69) is 0 Å². The van der Waals surface area contributed by atoms with Gasteiger partial charge in [0.25, 0.3) is 5.91 Å². The van der Waals surface area contributed by atoms with Gasteiger partial charge in [-0.3, -0.25) is 9.69 Å². The van der Waals surface area contributed by atoms with Gasteiger partial charge in [0.15, 0.2) is 0 Å². The highest BCUT2D eigenvalue weighted by molar-refractivity contribution is 8.26. The quantitative estimate of drug-likeness (QED) is 0.403. The first-order chi connectivity index (χ1) is 13.5. The average molecular weight is 410 g/mol. The molecule has 28 heavy (non-hydrogen) atoms. The summed E-state index contributed by atoms with van der Waals surface area (Å²) in [4.78, 5) is 14.9. The Hall–Kier alpha value is -2.70. The fourth-order valence-electron chi connectivity index (χ4n) is 2.87. The summed E-state index contributed by atoms with van der Waals surface area (Å²) in [5, 5.41) is 0. The molecule has 0 atom stereocenters. The molecule has 0 unspecified atom stereocenters. The lowest BCUT2D eigenvalue weighted by atomic mass is 10.1. The standard InChI is InChI=1S/C22H16FNO2S2/c1-14-5-7-15(8-6-14)13-24-21(25)20(28-22(24)27)12-18-9-10-19(26-18)16-3-2-4-17(23)11-16/h2-12H,13H2,1H3/b20-12+. The van der Waals surface area contributed by atoms with Gasteiger partial charge in [0.1, 0.15) is 21.7 Å². The Morgan fingerprint density at radius 1 is 1.14 bits per heavy atom. The molecule has 6 heteroatoms. The highest BCUT2D eigenvalue weighted by atomic mass is 32.2. The molecule has 0 aliphatic carbocycles. The van der Waals surface area contributed by atoms with Crippen LogP contribution in [-0.2, 0) is 11.3 Å². The van der Waals surface area contributed by atoms with Crippen molar-refractivity contribution in [2.75, 3.05) is 0 Å². The summed E-state index contributed by atoms with van der Waals surface area (Å²) in [6.07, 6.45) is 1.68. The van der Waals surface area contributed by atoms with Crippen LogP contribution in [0.3, 0.4) is 0 Å². The predicted molar refractivity (Wildman–Crippen MR) is 114 cm³/mol. The van der Waals surface area contributed by atoms with Gasteiger partial charge in [0.2, 0.25) is 0 Å². The molecule has 1 fully saturated rings. The van der Waals surface area contributed by atoms with Gasteiger partial charge in [-0.1, -0.05) is 65.9 Å². The summed E-state index contributed by atoms with van der Waals surface area (Å²) in [6.45, 7) is 2.46. The second kappa shape index (κ2) is 7.73. The van der Waals surface area contributed by atoms with E-state index in [0.29, 0.717) is 32.9 Å². The molecule has 2 heterocycles. The Bertz CT molecular complexity index is 1090. The third-order valence-corrected chi connectivity index (χ3v) is 5.72. The summed E-state index contributed by atoms with van der Waals surface area (Å²) in [7, 11) is 0. The maximum atomic E-state index is 13.4. The molecular weight excluding hydrogens is 393 g/mol. The zero-order chi connectivity index (χ0) is 19.7. The maximum Gasteiger partial charge on any atom is 0.266 e. The number of amides is 1. The molecule has 2 aromatic carbocycles. The Kier molecular flexibility index (Phi) is 5.15. The number of carbonyl (C=O) groups excluding carboxylic acids is 1. The lowest BCUT2D eigenvalue weighted by Crippen LogP contribution is -2.27. The fraction of sp³-hybridized carbons (Fsp3) is 0.0909. The van der Waals surface area contributed by atoms with Gasteiger partial charge in [-0.15, -0.1) is 0 Å². The predicted octanol–water partition coefficient (Wildman–Crippen LogP) is 5.80. The zero-order valence-corrected chi connectivity index (χ0v) is 16.6. The number of furan rings is 1. The number of thioether (sulfide) groups is 1. The summed E-state index contributed by atoms with van der Waals surface area (Å²) in [5.74, 6) is 0.600. The minimum absolute atomic E-state index is 0.140. The van der Waals surface area contributed by atoms with E-state index in [-0.39, 0.29) is 11.7 Å². The van der Waals surface area contributed by atoms with Crippen molar-refractivity contribution in [1.82, 2.24) is 4.90 Å². The van der Waals surface area contributed by atoms with Gasteiger partial charge in [-0.25, -0.2) is 4.39 Å². The fourth-order valence-corrected chi connectivity index (χ4v) is 4.10. The summed E-state index contributed by atoms with van der Waals surface area (Å²) in [5.41, 5.74) is 2.84. The highest BCUT2D eigenvalue weighted by Crippen LogP contribution is 2.34. The highest BCUT2D eigenvalue weighted by Gasteiger charge is 2.32. The van der Waals surface area contributed by atoms with E-state index < -0.39 is 0 Å². The van der Waals surface area contributed by atoms with Crippen molar-refractivity contribution < 1.29 is 13.6 Å². The second-order valence-corrected chi connectivity index (χ2v) is 8.14. The molecule has 4 rings (SSSR count). The van der Waals surface area contributed by atoms with E-state index in [1.54, 1.807) is 35.2 Å². The van der Waals surface area contributed by atoms with E-state index in [0.717, 1.165) is 5.56 Å². The zero-order valence-electron chi connectivity index (χ0n) is 15.0. The Balaban J connectivity index is 1.53. The number of benzene rings is 2. The molecule has 0 bridgehead atoms. The molecule has 1 aromatic heterocycles. The van der Waals surface area contributed by atoms with E-state index in [1.165, 1.54) is 29.5 Å². The number of hydrogen-bond donors (Lipinski definition) is 0. The van der Waals surface area contributed by atoms with Crippen LogP contribution in [0.15, 0.2) is 70.0 Å². The van der Waals surface area contributed by atoms with Crippen molar-refractivity contribution in [1.29, 1.82) is 0 Å². The van der Waals surface area contributed by atoms with Crippen molar-refractivity contribution >= 4 is 40.3 Å². The third-order valence-electron chi connectivity index (χ3n) is 4.34. The van der Waals surface area contributed by atoms with Crippen molar-refractivity contribution in [3.05, 3.63) is 88.3 Å². The van der Waals surface area contributed by atoms with Gasteiger partial charge in [-0.2, -0.15) is 0 Å². The summed E-state index contributed by atoms with van der Waals surface area (Å²) in [6, 6.07) is 17.7. The first-order valence-corrected chi connectivity index (χ1v) is 9.89. The number of halogens is 1. The van der Waals surface area contributed by atoms with Crippen LogP contribution in [-0.4, -0.2) is 15.1 Å². The molecule has 1 saturated heterocycles. The third kappa shape index (κ3) is 3.93. The van der Waals surface area contributed by atoms with E-state index >= 15 is 0 Å². The Labute approximate surface area is 171 Å².